The van der Waals surface area contributed by atoms with Gasteiger partial charge in [0, 0.05) is 0 Å². The molecule has 4 saturated carbocycles. The summed E-state index contributed by atoms with van der Waals surface area (Å²) in [6.07, 6.45) is 16.3. The molecular weight excluding hydrogens is 394 g/mol. The van der Waals surface area contributed by atoms with Gasteiger partial charge in [-0.15, -0.1) is 0 Å². The zero-order chi connectivity index (χ0) is 23.1. The van der Waals surface area contributed by atoms with Crippen LogP contribution in [-0.2, 0) is 9.53 Å². The Balaban J connectivity index is 1.42. The molecule has 4 fully saturated rings. The Morgan fingerprint density at radius 2 is 1.66 bits per heavy atom. The molecule has 0 radical (unpaired) electrons. The van der Waals surface area contributed by atoms with Crippen molar-refractivity contribution in [2.45, 2.75) is 118 Å². The quantitative estimate of drug-likeness (QED) is 0.430. The highest BCUT2D eigenvalue weighted by molar-refractivity contribution is 5.71. The van der Waals surface area contributed by atoms with E-state index in [1.807, 2.05) is 0 Å². The summed E-state index contributed by atoms with van der Waals surface area (Å²) in [5, 5.41) is 0. The molecule has 0 heterocycles. The number of nitrogens with two attached hydrogens (primary N) is 1. The summed E-state index contributed by atoms with van der Waals surface area (Å²) in [5.41, 5.74) is 6.53. The van der Waals surface area contributed by atoms with E-state index < -0.39 is 0 Å². The number of carbonyl (C=O) groups is 1. The molecule has 0 spiro atoms. The predicted molar refractivity (Wildman–Crippen MR) is 132 cm³/mol. The summed E-state index contributed by atoms with van der Waals surface area (Å²) in [6, 6.07) is 0. The van der Waals surface area contributed by atoms with E-state index in [9.17, 15) is 4.79 Å². The molecule has 9 atom stereocenters. The fraction of sp³-hybridized carbons (Fsp3) is 0.966. The van der Waals surface area contributed by atoms with Gasteiger partial charge in [0.2, 0.25) is 0 Å². The van der Waals surface area contributed by atoms with Crippen molar-refractivity contribution in [2.75, 3.05) is 6.54 Å². The Morgan fingerprint density at radius 1 is 0.938 bits per heavy atom. The van der Waals surface area contributed by atoms with Crippen LogP contribution in [-0.4, -0.2) is 18.6 Å². The molecule has 0 aromatic heterocycles. The summed E-state index contributed by atoms with van der Waals surface area (Å²) in [5.74, 6) is 5.95. The van der Waals surface area contributed by atoms with Crippen molar-refractivity contribution in [3.63, 3.8) is 0 Å². The second-order valence-corrected chi connectivity index (χ2v) is 13.3. The first-order valence-corrected chi connectivity index (χ1v) is 14.1. The lowest BCUT2D eigenvalue weighted by molar-refractivity contribution is -0.161. The van der Waals surface area contributed by atoms with E-state index in [-0.39, 0.29) is 18.6 Å². The Labute approximate surface area is 198 Å². The number of esters is 1. The highest BCUT2D eigenvalue weighted by atomic mass is 16.5. The number of hydrogen-bond acceptors (Lipinski definition) is 3. The molecule has 0 aromatic rings. The predicted octanol–water partition coefficient (Wildman–Crippen LogP) is 6.98. The van der Waals surface area contributed by atoms with Crippen LogP contribution < -0.4 is 5.73 Å². The lowest BCUT2D eigenvalue weighted by Gasteiger charge is -2.61. The SMILES string of the molecule is CC(C)CCC[C@@H](C)[C@H]1CCC2C3CC[C@H]4CC(OC(=O)CN)CC[C@]4(C)C3CC[C@@]21C. The van der Waals surface area contributed by atoms with E-state index in [4.69, 9.17) is 10.5 Å². The first kappa shape index (κ1) is 24.6. The van der Waals surface area contributed by atoms with E-state index in [2.05, 4.69) is 34.6 Å². The molecule has 3 heteroatoms. The highest BCUT2D eigenvalue weighted by Gasteiger charge is 2.60. The van der Waals surface area contributed by atoms with Gasteiger partial charge in [0.15, 0.2) is 0 Å². The fourth-order valence-corrected chi connectivity index (χ4v) is 9.58. The maximum Gasteiger partial charge on any atom is 0.319 e. The van der Waals surface area contributed by atoms with E-state index >= 15 is 0 Å². The summed E-state index contributed by atoms with van der Waals surface area (Å²) in [4.78, 5) is 11.7. The third kappa shape index (κ3) is 4.41. The number of fused-ring (bicyclic) bond motifs is 5. The molecule has 4 rings (SSSR count). The van der Waals surface area contributed by atoms with Crippen LogP contribution in [0.5, 0.6) is 0 Å². The van der Waals surface area contributed by atoms with Gasteiger partial charge < -0.3 is 10.5 Å². The van der Waals surface area contributed by atoms with Crippen LogP contribution in [0.25, 0.3) is 0 Å². The van der Waals surface area contributed by atoms with Crippen LogP contribution in [0.3, 0.4) is 0 Å². The molecular formula is C29H51NO2. The first-order valence-electron chi connectivity index (χ1n) is 14.1. The third-order valence-electron chi connectivity index (χ3n) is 11.3. The second kappa shape index (κ2) is 9.59. The fourth-order valence-electron chi connectivity index (χ4n) is 9.58. The van der Waals surface area contributed by atoms with Gasteiger partial charge in [-0.1, -0.05) is 53.9 Å². The largest absolute Gasteiger partial charge is 0.461 e. The van der Waals surface area contributed by atoms with Crippen LogP contribution >= 0.6 is 0 Å². The van der Waals surface area contributed by atoms with Gasteiger partial charge in [-0.05, 0) is 110 Å². The number of hydrogen-bond donors (Lipinski definition) is 1. The van der Waals surface area contributed by atoms with Crippen molar-refractivity contribution in [1.82, 2.24) is 0 Å². The van der Waals surface area contributed by atoms with Gasteiger partial charge >= 0.3 is 5.97 Å². The van der Waals surface area contributed by atoms with Gasteiger partial charge in [-0.25, -0.2) is 0 Å². The van der Waals surface area contributed by atoms with Crippen molar-refractivity contribution in [2.24, 2.45) is 58.0 Å². The van der Waals surface area contributed by atoms with Crippen molar-refractivity contribution in [3.8, 4) is 0 Å². The standard InChI is InChI=1S/C29H51NO2/c1-19(2)7-6-8-20(3)24-11-12-25-23-10-9-21-17-22(32-27(31)18-30)13-15-28(21,4)26(23)14-16-29(24,25)5/h19-26H,6-18,30H2,1-5H3/t20-,21+,22?,23?,24-,25?,26?,28+,29-/m1/s1. The van der Waals surface area contributed by atoms with Crippen molar-refractivity contribution >= 4 is 5.97 Å². The molecule has 2 N–H and O–H groups in total. The zero-order valence-electron chi connectivity index (χ0n) is 21.7. The summed E-state index contributed by atoms with van der Waals surface area (Å²) in [7, 11) is 0. The van der Waals surface area contributed by atoms with E-state index in [0.29, 0.717) is 10.8 Å². The average Bonchev–Trinajstić information content (AvgIpc) is 3.11. The summed E-state index contributed by atoms with van der Waals surface area (Å²) >= 11 is 0. The minimum absolute atomic E-state index is 0.0143. The summed E-state index contributed by atoms with van der Waals surface area (Å²) < 4.78 is 5.68. The Hall–Kier alpha value is -0.570. The van der Waals surface area contributed by atoms with Gasteiger partial charge in [0.1, 0.15) is 6.10 Å². The smallest absolute Gasteiger partial charge is 0.319 e. The molecule has 3 nitrogen and oxygen atoms in total. The zero-order valence-corrected chi connectivity index (χ0v) is 21.7. The van der Waals surface area contributed by atoms with Crippen molar-refractivity contribution in [1.29, 1.82) is 0 Å². The molecule has 4 unspecified atom stereocenters. The number of rotatable bonds is 7. The Morgan fingerprint density at radius 3 is 2.38 bits per heavy atom. The molecule has 0 amide bonds. The molecule has 4 aliphatic rings. The van der Waals surface area contributed by atoms with Crippen LogP contribution in [0.1, 0.15) is 112 Å². The molecule has 0 saturated heterocycles. The van der Waals surface area contributed by atoms with Gasteiger partial charge in [0.05, 0.1) is 6.54 Å². The molecule has 184 valence electrons. The maximum absolute atomic E-state index is 11.7. The Kier molecular flexibility index (Phi) is 7.36. The van der Waals surface area contributed by atoms with Crippen LogP contribution in [0.15, 0.2) is 0 Å². The molecule has 32 heavy (non-hydrogen) atoms. The van der Waals surface area contributed by atoms with Crippen LogP contribution in [0, 0.1) is 52.3 Å². The normalized spacial score (nSPS) is 44.5. The highest BCUT2D eigenvalue weighted by Crippen LogP contribution is 2.68. The van der Waals surface area contributed by atoms with Crippen LogP contribution in [0.4, 0.5) is 0 Å². The number of ether oxygens (including phenoxy) is 1. The monoisotopic (exact) mass is 445 g/mol. The molecule has 0 aromatic carbocycles. The van der Waals surface area contributed by atoms with Crippen molar-refractivity contribution in [3.05, 3.63) is 0 Å². The van der Waals surface area contributed by atoms with Gasteiger partial charge in [-0.3, -0.25) is 4.79 Å². The van der Waals surface area contributed by atoms with E-state index in [0.717, 1.165) is 54.3 Å². The summed E-state index contributed by atoms with van der Waals surface area (Å²) in [6.45, 7) is 12.6. The molecule has 4 aliphatic carbocycles. The Bertz CT molecular complexity index is 662. The van der Waals surface area contributed by atoms with Gasteiger partial charge in [-0.2, -0.15) is 0 Å². The second-order valence-electron chi connectivity index (χ2n) is 13.3. The molecule has 0 bridgehead atoms. The number of carbonyl (C=O) groups excluding carboxylic acids is 1. The van der Waals surface area contributed by atoms with Crippen LogP contribution in [0.2, 0.25) is 0 Å². The molecule has 0 aliphatic heterocycles. The third-order valence-corrected chi connectivity index (χ3v) is 11.3. The minimum atomic E-state index is -0.222. The minimum Gasteiger partial charge on any atom is -0.461 e. The van der Waals surface area contributed by atoms with Crippen molar-refractivity contribution < 1.29 is 9.53 Å². The lowest BCUT2D eigenvalue weighted by Crippen LogP contribution is -2.54. The lowest BCUT2D eigenvalue weighted by atomic mass is 9.44. The average molecular weight is 446 g/mol. The van der Waals surface area contributed by atoms with E-state index in [1.165, 1.54) is 64.2 Å². The maximum atomic E-state index is 11.7. The first-order chi connectivity index (χ1) is 15.2. The topological polar surface area (TPSA) is 52.3 Å². The van der Waals surface area contributed by atoms with Gasteiger partial charge in [0.25, 0.3) is 0 Å². The van der Waals surface area contributed by atoms with E-state index in [1.54, 1.807) is 0 Å².